The molecular formula is C14H14N2O2S. The minimum absolute atomic E-state index is 0.239. The SMILES string of the molecule is Cc1ccc(C(=O)N(C)c2ccccc2C(N)=S)o1. The average molecular weight is 274 g/mol. The molecule has 0 aliphatic rings. The lowest BCUT2D eigenvalue weighted by Gasteiger charge is -2.19. The molecule has 0 aliphatic heterocycles. The molecule has 1 aromatic heterocycles. The van der Waals surface area contributed by atoms with E-state index in [1.807, 2.05) is 12.1 Å². The molecule has 0 fully saturated rings. The number of furan rings is 1. The first kappa shape index (κ1) is 13.3. The Morgan fingerprint density at radius 3 is 2.53 bits per heavy atom. The number of para-hydroxylation sites is 1. The summed E-state index contributed by atoms with van der Waals surface area (Å²) in [5.41, 5.74) is 6.99. The van der Waals surface area contributed by atoms with Crippen molar-refractivity contribution in [3.8, 4) is 0 Å². The quantitative estimate of drug-likeness (QED) is 0.874. The predicted octanol–water partition coefficient (Wildman–Crippen LogP) is 2.50. The van der Waals surface area contributed by atoms with E-state index >= 15 is 0 Å². The fraction of sp³-hybridized carbons (Fsp3) is 0.143. The molecule has 5 heteroatoms. The Kier molecular flexibility index (Phi) is 3.66. The molecule has 0 aliphatic carbocycles. The molecule has 2 rings (SSSR count). The first-order valence-corrected chi connectivity index (χ1v) is 6.15. The van der Waals surface area contributed by atoms with Crippen LogP contribution in [0.3, 0.4) is 0 Å². The molecule has 2 N–H and O–H groups in total. The fourth-order valence-electron chi connectivity index (χ4n) is 1.80. The lowest BCUT2D eigenvalue weighted by molar-refractivity contribution is 0.0965. The Morgan fingerprint density at radius 1 is 1.26 bits per heavy atom. The molecule has 0 saturated heterocycles. The first-order valence-electron chi connectivity index (χ1n) is 5.74. The van der Waals surface area contributed by atoms with Crippen molar-refractivity contribution < 1.29 is 9.21 Å². The zero-order chi connectivity index (χ0) is 14.0. The Labute approximate surface area is 116 Å². The van der Waals surface area contributed by atoms with Crippen LogP contribution in [0.2, 0.25) is 0 Å². The molecule has 1 heterocycles. The van der Waals surface area contributed by atoms with Gasteiger partial charge < -0.3 is 15.1 Å². The van der Waals surface area contributed by atoms with Crippen molar-refractivity contribution in [3.63, 3.8) is 0 Å². The van der Waals surface area contributed by atoms with E-state index in [0.29, 0.717) is 17.0 Å². The molecule has 0 bridgehead atoms. The second kappa shape index (κ2) is 5.24. The van der Waals surface area contributed by atoms with Crippen LogP contribution in [0.25, 0.3) is 0 Å². The van der Waals surface area contributed by atoms with Crippen molar-refractivity contribution in [2.75, 3.05) is 11.9 Å². The highest BCUT2D eigenvalue weighted by Crippen LogP contribution is 2.21. The third-order valence-electron chi connectivity index (χ3n) is 2.79. The molecule has 0 unspecified atom stereocenters. The molecule has 98 valence electrons. The monoisotopic (exact) mass is 274 g/mol. The highest BCUT2D eigenvalue weighted by atomic mass is 32.1. The van der Waals surface area contributed by atoms with Gasteiger partial charge in [0.25, 0.3) is 5.91 Å². The zero-order valence-electron chi connectivity index (χ0n) is 10.7. The van der Waals surface area contributed by atoms with Gasteiger partial charge >= 0.3 is 0 Å². The molecule has 0 radical (unpaired) electrons. The number of hydrogen-bond donors (Lipinski definition) is 1. The summed E-state index contributed by atoms with van der Waals surface area (Å²) in [6, 6.07) is 10.6. The summed E-state index contributed by atoms with van der Waals surface area (Å²) in [5.74, 6) is 0.744. The van der Waals surface area contributed by atoms with E-state index in [0.717, 1.165) is 0 Å². The van der Waals surface area contributed by atoms with Gasteiger partial charge in [0.2, 0.25) is 0 Å². The number of rotatable bonds is 3. The normalized spacial score (nSPS) is 10.2. The summed E-state index contributed by atoms with van der Waals surface area (Å²) < 4.78 is 5.33. The van der Waals surface area contributed by atoms with Crippen molar-refractivity contribution in [3.05, 3.63) is 53.5 Å². The molecule has 0 saturated carbocycles. The Balaban J connectivity index is 2.37. The summed E-state index contributed by atoms with van der Waals surface area (Å²) in [4.78, 5) is 14.0. The van der Waals surface area contributed by atoms with Gasteiger partial charge in [-0.3, -0.25) is 4.79 Å². The molecule has 1 aromatic carbocycles. The third kappa shape index (κ3) is 2.66. The Hall–Kier alpha value is -2.14. The van der Waals surface area contributed by atoms with E-state index in [1.54, 1.807) is 38.2 Å². The largest absolute Gasteiger partial charge is 0.456 e. The number of benzene rings is 1. The van der Waals surface area contributed by atoms with Crippen LogP contribution in [0.15, 0.2) is 40.8 Å². The lowest BCUT2D eigenvalue weighted by atomic mass is 10.1. The maximum Gasteiger partial charge on any atom is 0.293 e. The number of aryl methyl sites for hydroxylation is 1. The second-order valence-corrected chi connectivity index (χ2v) is 4.60. The van der Waals surface area contributed by atoms with Crippen LogP contribution in [-0.2, 0) is 0 Å². The van der Waals surface area contributed by atoms with Crippen LogP contribution >= 0.6 is 12.2 Å². The van der Waals surface area contributed by atoms with Gasteiger partial charge in [0.1, 0.15) is 10.7 Å². The summed E-state index contributed by atoms with van der Waals surface area (Å²) >= 11 is 4.99. The lowest BCUT2D eigenvalue weighted by Crippen LogP contribution is -2.28. The minimum Gasteiger partial charge on any atom is -0.456 e. The predicted molar refractivity (Wildman–Crippen MR) is 78.5 cm³/mol. The number of nitrogens with zero attached hydrogens (tertiary/aromatic N) is 1. The fourth-order valence-corrected chi connectivity index (χ4v) is 1.97. The molecular weight excluding hydrogens is 260 g/mol. The van der Waals surface area contributed by atoms with Crippen LogP contribution < -0.4 is 10.6 Å². The Morgan fingerprint density at radius 2 is 1.95 bits per heavy atom. The third-order valence-corrected chi connectivity index (χ3v) is 3.01. The Bertz CT molecular complexity index is 634. The van der Waals surface area contributed by atoms with Crippen LogP contribution in [0.5, 0.6) is 0 Å². The van der Waals surface area contributed by atoms with E-state index in [9.17, 15) is 4.79 Å². The highest BCUT2D eigenvalue weighted by Gasteiger charge is 2.19. The van der Waals surface area contributed by atoms with Gasteiger partial charge in [0, 0.05) is 12.6 Å². The van der Waals surface area contributed by atoms with Gasteiger partial charge in [0.05, 0.1) is 5.69 Å². The maximum atomic E-state index is 12.3. The van der Waals surface area contributed by atoms with Gasteiger partial charge in [-0.05, 0) is 31.2 Å². The minimum atomic E-state index is -0.239. The first-order chi connectivity index (χ1) is 9.00. The van der Waals surface area contributed by atoms with Crippen molar-refractivity contribution in [2.45, 2.75) is 6.92 Å². The van der Waals surface area contributed by atoms with Crippen molar-refractivity contribution in [1.29, 1.82) is 0 Å². The summed E-state index contributed by atoms with van der Waals surface area (Å²) in [6.07, 6.45) is 0. The molecule has 4 nitrogen and oxygen atoms in total. The van der Waals surface area contributed by atoms with Crippen LogP contribution in [0.4, 0.5) is 5.69 Å². The van der Waals surface area contributed by atoms with Gasteiger partial charge in [-0.15, -0.1) is 0 Å². The molecule has 0 spiro atoms. The van der Waals surface area contributed by atoms with E-state index < -0.39 is 0 Å². The summed E-state index contributed by atoms with van der Waals surface area (Å²) in [7, 11) is 1.66. The number of hydrogen-bond acceptors (Lipinski definition) is 3. The van der Waals surface area contributed by atoms with Gasteiger partial charge in [-0.25, -0.2) is 0 Å². The molecule has 0 atom stereocenters. The average Bonchev–Trinajstić information content (AvgIpc) is 2.83. The number of thiocarbonyl (C=S) groups is 1. The van der Waals surface area contributed by atoms with E-state index in [4.69, 9.17) is 22.4 Å². The van der Waals surface area contributed by atoms with Crippen LogP contribution in [-0.4, -0.2) is 17.9 Å². The number of carbonyl (C=O) groups excluding carboxylic acids is 1. The standard InChI is InChI=1S/C14H14N2O2S/c1-9-7-8-12(18-9)14(17)16(2)11-6-4-3-5-10(11)13(15)19/h3-8H,1-2H3,(H2,15,19). The van der Waals surface area contributed by atoms with Crippen LogP contribution in [0, 0.1) is 6.92 Å². The van der Waals surface area contributed by atoms with Crippen LogP contribution in [0.1, 0.15) is 21.9 Å². The summed E-state index contributed by atoms with van der Waals surface area (Å²) in [6.45, 7) is 1.79. The number of anilines is 1. The second-order valence-electron chi connectivity index (χ2n) is 4.16. The van der Waals surface area contributed by atoms with E-state index in [1.165, 1.54) is 4.90 Å². The number of amides is 1. The van der Waals surface area contributed by atoms with Gasteiger partial charge in [0.15, 0.2) is 5.76 Å². The van der Waals surface area contributed by atoms with Crippen molar-refractivity contribution in [2.24, 2.45) is 5.73 Å². The molecule has 1 amide bonds. The smallest absolute Gasteiger partial charge is 0.293 e. The molecule has 19 heavy (non-hydrogen) atoms. The van der Waals surface area contributed by atoms with E-state index in [-0.39, 0.29) is 16.7 Å². The molecule has 2 aromatic rings. The number of carbonyl (C=O) groups is 1. The summed E-state index contributed by atoms with van der Waals surface area (Å²) in [5, 5.41) is 0. The van der Waals surface area contributed by atoms with E-state index in [2.05, 4.69) is 0 Å². The zero-order valence-corrected chi connectivity index (χ0v) is 11.5. The van der Waals surface area contributed by atoms with Crippen molar-refractivity contribution in [1.82, 2.24) is 0 Å². The maximum absolute atomic E-state index is 12.3. The highest BCUT2D eigenvalue weighted by molar-refractivity contribution is 7.80. The van der Waals surface area contributed by atoms with Crippen molar-refractivity contribution >= 4 is 28.8 Å². The number of nitrogens with two attached hydrogens (primary N) is 1. The topological polar surface area (TPSA) is 59.5 Å². The van der Waals surface area contributed by atoms with Gasteiger partial charge in [-0.1, -0.05) is 24.4 Å². The van der Waals surface area contributed by atoms with Gasteiger partial charge in [-0.2, -0.15) is 0 Å².